The van der Waals surface area contributed by atoms with Crippen LogP contribution in [0.3, 0.4) is 0 Å². The number of hydrogen-bond acceptors (Lipinski definition) is 8. The van der Waals surface area contributed by atoms with Crippen LogP contribution < -0.4 is 0 Å². The van der Waals surface area contributed by atoms with Gasteiger partial charge in [-0.25, -0.2) is 4.79 Å². The van der Waals surface area contributed by atoms with Gasteiger partial charge >= 0.3 is 5.97 Å². The molecular formula is C23H32O8. The second kappa shape index (κ2) is 6.98. The Labute approximate surface area is 182 Å². The second-order valence-corrected chi connectivity index (χ2v) is 10.8. The van der Waals surface area contributed by atoms with E-state index in [1.807, 2.05) is 0 Å². The third-order valence-corrected chi connectivity index (χ3v) is 7.46. The van der Waals surface area contributed by atoms with Crippen molar-refractivity contribution < 1.29 is 38.0 Å². The van der Waals surface area contributed by atoms with Gasteiger partial charge in [0.15, 0.2) is 0 Å². The van der Waals surface area contributed by atoms with E-state index in [1.165, 1.54) is 0 Å². The number of carbonyl (C=O) groups is 1. The quantitative estimate of drug-likeness (QED) is 0.275. The second-order valence-electron chi connectivity index (χ2n) is 10.8. The van der Waals surface area contributed by atoms with Gasteiger partial charge in [0.1, 0.15) is 23.9 Å². The van der Waals surface area contributed by atoms with Gasteiger partial charge in [0.25, 0.3) is 0 Å². The summed E-state index contributed by atoms with van der Waals surface area (Å²) in [7, 11) is 0. The minimum atomic E-state index is -0.690. The molecule has 0 aromatic carbocycles. The molecule has 31 heavy (non-hydrogen) atoms. The zero-order valence-corrected chi connectivity index (χ0v) is 18.2. The fourth-order valence-corrected chi connectivity index (χ4v) is 6.43. The summed E-state index contributed by atoms with van der Waals surface area (Å²) in [6.45, 7) is 9.36. The Morgan fingerprint density at radius 1 is 0.742 bits per heavy atom. The third-order valence-electron chi connectivity index (χ3n) is 7.46. The molecular weight excluding hydrogens is 404 g/mol. The Bertz CT molecular complexity index is 681. The molecule has 3 saturated heterocycles. The molecule has 7 fully saturated rings. The van der Waals surface area contributed by atoms with Crippen LogP contribution in [0.2, 0.25) is 0 Å². The van der Waals surface area contributed by atoms with Crippen LogP contribution in [0, 0.1) is 0 Å². The first-order chi connectivity index (χ1) is 14.8. The van der Waals surface area contributed by atoms with Crippen LogP contribution in [0.15, 0.2) is 12.2 Å². The molecule has 4 bridgehead atoms. The number of ether oxygens (including phenoxy) is 7. The van der Waals surface area contributed by atoms with E-state index >= 15 is 0 Å². The van der Waals surface area contributed by atoms with Crippen molar-refractivity contribution in [3.8, 4) is 0 Å². The molecule has 0 spiro atoms. The van der Waals surface area contributed by atoms with E-state index in [2.05, 4.69) is 6.58 Å². The number of hydrogen-bond donors (Lipinski definition) is 0. The number of rotatable bonds is 11. The Morgan fingerprint density at radius 2 is 1.06 bits per heavy atom. The van der Waals surface area contributed by atoms with Gasteiger partial charge in [-0.1, -0.05) is 6.58 Å². The molecule has 0 aromatic rings. The topological polar surface area (TPSA) is 91.6 Å². The maximum absolute atomic E-state index is 12.7. The van der Waals surface area contributed by atoms with E-state index in [0.29, 0.717) is 44.7 Å². The molecule has 0 N–H and O–H groups in total. The van der Waals surface area contributed by atoms with Crippen LogP contribution >= 0.6 is 0 Å². The standard InChI is InChI=1S/C23H32O8/c1-15(2)19(24)31-23-12-20(28-6-16-3-25-16)9-21(13-23,29-7-17-4-26-17)11-22(10-20,14-23)30-8-18-5-27-18/h16-18H,1,3-14H2,2H3. The van der Waals surface area contributed by atoms with Crippen LogP contribution in [0.1, 0.15) is 45.4 Å². The molecule has 4 aliphatic carbocycles. The largest absolute Gasteiger partial charge is 0.455 e. The van der Waals surface area contributed by atoms with Crippen LogP contribution in [0.5, 0.6) is 0 Å². The average molecular weight is 437 g/mol. The number of epoxide rings is 3. The van der Waals surface area contributed by atoms with Crippen molar-refractivity contribution in [1.29, 1.82) is 0 Å². The summed E-state index contributed by atoms with van der Waals surface area (Å²) >= 11 is 0. The van der Waals surface area contributed by atoms with E-state index in [9.17, 15) is 4.79 Å². The molecule has 8 nitrogen and oxygen atoms in total. The molecule has 7 rings (SSSR count). The fraction of sp³-hybridized carbons (Fsp3) is 0.870. The van der Waals surface area contributed by atoms with Crippen LogP contribution in [0.25, 0.3) is 0 Å². The Kier molecular flexibility index (Phi) is 4.63. The lowest BCUT2D eigenvalue weighted by atomic mass is 9.48. The fourth-order valence-electron chi connectivity index (χ4n) is 6.43. The summed E-state index contributed by atoms with van der Waals surface area (Å²) in [4.78, 5) is 12.7. The Hall–Kier alpha value is -1.03. The van der Waals surface area contributed by atoms with Gasteiger partial charge in [-0.2, -0.15) is 0 Å². The molecule has 172 valence electrons. The lowest BCUT2D eigenvalue weighted by molar-refractivity contribution is -0.328. The molecule has 3 heterocycles. The van der Waals surface area contributed by atoms with Crippen molar-refractivity contribution in [2.24, 2.45) is 0 Å². The summed E-state index contributed by atoms with van der Waals surface area (Å²) in [5.74, 6) is -0.357. The van der Waals surface area contributed by atoms with E-state index in [4.69, 9.17) is 33.2 Å². The first kappa shape index (κ1) is 20.6. The van der Waals surface area contributed by atoms with Gasteiger partial charge in [-0.3, -0.25) is 0 Å². The minimum absolute atomic E-state index is 0.162. The highest BCUT2D eigenvalue weighted by Crippen LogP contribution is 2.65. The van der Waals surface area contributed by atoms with Crippen LogP contribution in [0.4, 0.5) is 0 Å². The van der Waals surface area contributed by atoms with Crippen molar-refractivity contribution >= 4 is 5.97 Å². The highest BCUT2D eigenvalue weighted by Gasteiger charge is 2.72. The van der Waals surface area contributed by atoms with Crippen molar-refractivity contribution in [1.82, 2.24) is 0 Å². The van der Waals surface area contributed by atoms with E-state index < -0.39 is 22.4 Å². The first-order valence-corrected chi connectivity index (χ1v) is 11.5. The average Bonchev–Trinajstić information content (AvgIpc) is 3.54. The Balaban J connectivity index is 1.32. The monoisotopic (exact) mass is 436 g/mol. The van der Waals surface area contributed by atoms with Crippen molar-refractivity contribution in [2.45, 2.75) is 86.2 Å². The number of carbonyl (C=O) groups excluding carboxylic acids is 1. The van der Waals surface area contributed by atoms with Gasteiger partial charge in [0.05, 0.1) is 56.4 Å². The molecule has 0 radical (unpaired) electrons. The predicted octanol–water partition coefficient (Wildman–Crippen LogP) is 1.69. The summed E-state index contributed by atoms with van der Waals surface area (Å²) in [6, 6.07) is 0. The maximum Gasteiger partial charge on any atom is 0.333 e. The van der Waals surface area contributed by atoms with Gasteiger partial charge in [-0.15, -0.1) is 0 Å². The van der Waals surface area contributed by atoms with Crippen molar-refractivity contribution in [3.05, 3.63) is 12.2 Å². The van der Waals surface area contributed by atoms with Gasteiger partial charge in [0, 0.05) is 44.1 Å². The van der Waals surface area contributed by atoms with E-state index in [0.717, 1.165) is 39.1 Å². The molecule has 4 saturated carbocycles. The van der Waals surface area contributed by atoms with Crippen LogP contribution in [-0.2, 0) is 38.0 Å². The maximum atomic E-state index is 12.7. The van der Waals surface area contributed by atoms with Crippen LogP contribution in [-0.4, -0.2) is 86.3 Å². The Morgan fingerprint density at radius 3 is 1.35 bits per heavy atom. The highest BCUT2D eigenvalue weighted by atomic mass is 16.6. The molecule has 8 heteroatoms. The lowest BCUT2D eigenvalue weighted by Crippen LogP contribution is -2.74. The smallest absolute Gasteiger partial charge is 0.333 e. The van der Waals surface area contributed by atoms with Gasteiger partial charge in [0.2, 0.25) is 0 Å². The number of esters is 1. The predicted molar refractivity (Wildman–Crippen MR) is 107 cm³/mol. The minimum Gasteiger partial charge on any atom is -0.455 e. The summed E-state index contributed by atoms with van der Waals surface area (Å²) in [5.41, 5.74) is -1.69. The van der Waals surface area contributed by atoms with Gasteiger partial charge in [-0.05, 0) is 6.92 Å². The van der Waals surface area contributed by atoms with Gasteiger partial charge < -0.3 is 33.2 Å². The molecule has 3 atom stereocenters. The van der Waals surface area contributed by atoms with E-state index in [-0.39, 0.29) is 24.3 Å². The normalized spacial score (nSPS) is 48.5. The molecule has 7 aliphatic rings. The third kappa shape index (κ3) is 4.18. The SMILES string of the molecule is C=C(C)C(=O)OC12CC3(OCC4CO4)CC(OCC4CO4)(CC(OCC4CO4)(C3)C1)C2. The molecule has 3 aliphatic heterocycles. The lowest BCUT2D eigenvalue weighted by Gasteiger charge is -2.68. The van der Waals surface area contributed by atoms with Crippen molar-refractivity contribution in [3.63, 3.8) is 0 Å². The first-order valence-electron chi connectivity index (χ1n) is 11.5. The molecule has 0 amide bonds. The highest BCUT2D eigenvalue weighted by molar-refractivity contribution is 5.87. The summed E-state index contributed by atoms with van der Waals surface area (Å²) < 4.78 is 42.1. The molecule has 0 aromatic heterocycles. The summed E-state index contributed by atoms with van der Waals surface area (Å²) in [5, 5.41) is 0. The zero-order valence-electron chi connectivity index (χ0n) is 18.2. The van der Waals surface area contributed by atoms with Crippen molar-refractivity contribution in [2.75, 3.05) is 39.6 Å². The van der Waals surface area contributed by atoms with E-state index in [1.54, 1.807) is 6.92 Å². The zero-order chi connectivity index (χ0) is 21.3. The summed E-state index contributed by atoms with van der Waals surface area (Å²) in [6.07, 6.45) is 4.77. The molecule has 3 unspecified atom stereocenters.